The van der Waals surface area contributed by atoms with E-state index >= 15 is 0 Å². The summed E-state index contributed by atoms with van der Waals surface area (Å²) >= 11 is 1.78. The molecule has 2 rings (SSSR count). The van der Waals surface area contributed by atoms with Crippen molar-refractivity contribution >= 4 is 17.8 Å². The molecule has 116 valence electrons. The van der Waals surface area contributed by atoms with Crippen LogP contribution < -0.4 is 5.32 Å². The van der Waals surface area contributed by atoms with E-state index in [0.29, 0.717) is 6.04 Å². The molecule has 0 saturated carbocycles. The molecule has 0 radical (unpaired) electrons. The fourth-order valence-corrected chi connectivity index (χ4v) is 3.39. The zero-order valence-electron chi connectivity index (χ0n) is 12.9. The molecule has 1 heterocycles. The highest BCUT2D eigenvalue weighted by Gasteiger charge is 2.23. The van der Waals surface area contributed by atoms with Crippen molar-refractivity contribution < 1.29 is 4.79 Å². The highest BCUT2D eigenvalue weighted by Crippen LogP contribution is 2.16. The molecule has 1 aliphatic heterocycles. The molecule has 1 saturated heterocycles. The lowest BCUT2D eigenvalue weighted by atomic mass is 10.3. The van der Waals surface area contributed by atoms with Crippen LogP contribution in [0.15, 0.2) is 35.2 Å². The third-order valence-electron chi connectivity index (χ3n) is 3.83. The Balaban J connectivity index is 1.66. The van der Waals surface area contributed by atoms with Gasteiger partial charge in [-0.25, -0.2) is 4.79 Å². The number of hydrogen-bond acceptors (Lipinski definition) is 3. The third kappa shape index (κ3) is 5.25. The molecule has 1 fully saturated rings. The Labute approximate surface area is 131 Å². The molecule has 1 aromatic carbocycles. The number of benzene rings is 1. The Morgan fingerprint density at radius 2 is 2.19 bits per heavy atom. The van der Waals surface area contributed by atoms with Gasteiger partial charge in [0.25, 0.3) is 0 Å². The first-order valence-electron chi connectivity index (χ1n) is 7.61. The first-order chi connectivity index (χ1) is 10.2. The molecule has 4 nitrogen and oxygen atoms in total. The van der Waals surface area contributed by atoms with Gasteiger partial charge >= 0.3 is 6.03 Å². The van der Waals surface area contributed by atoms with E-state index in [0.717, 1.165) is 38.4 Å². The second-order valence-electron chi connectivity index (χ2n) is 5.41. The van der Waals surface area contributed by atoms with Gasteiger partial charge in [0.05, 0.1) is 0 Å². The highest BCUT2D eigenvalue weighted by atomic mass is 32.2. The quantitative estimate of drug-likeness (QED) is 0.820. The fraction of sp³-hybridized carbons (Fsp3) is 0.562. The molecule has 0 aromatic heterocycles. The number of thioether (sulfide) groups is 1. The van der Waals surface area contributed by atoms with Gasteiger partial charge in [0.1, 0.15) is 0 Å². The van der Waals surface area contributed by atoms with Crippen LogP contribution in [-0.2, 0) is 0 Å². The molecule has 5 heteroatoms. The van der Waals surface area contributed by atoms with Gasteiger partial charge < -0.3 is 15.1 Å². The summed E-state index contributed by atoms with van der Waals surface area (Å²) < 4.78 is 0. The lowest BCUT2D eigenvalue weighted by Gasteiger charge is -2.21. The average Bonchev–Trinajstić information content (AvgIpc) is 2.96. The molecule has 0 spiro atoms. The van der Waals surface area contributed by atoms with Crippen LogP contribution >= 0.6 is 11.8 Å². The van der Waals surface area contributed by atoms with E-state index in [1.807, 2.05) is 25.2 Å². The van der Waals surface area contributed by atoms with Crippen LogP contribution in [0.5, 0.6) is 0 Å². The van der Waals surface area contributed by atoms with E-state index in [1.165, 1.54) is 4.90 Å². The van der Waals surface area contributed by atoms with E-state index in [1.54, 1.807) is 16.7 Å². The molecule has 2 amide bonds. The predicted octanol–water partition coefficient (Wildman–Crippen LogP) is 2.51. The Bertz CT molecular complexity index is 440. The lowest BCUT2D eigenvalue weighted by molar-refractivity contribution is 0.207. The molecule has 0 aliphatic carbocycles. The van der Waals surface area contributed by atoms with Crippen molar-refractivity contribution in [2.75, 3.05) is 39.0 Å². The first kappa shape index (κ1) is 16.2. The molecular weight excluding hydrogens is 282 g/mol. The molecular formula is C16H25N3OS. The number of amides is 2. The number of likely N-dealkylation sites (tertiary alicyclic amines) is 1. The van der Waals surface area contributed by atoms with Gasteiger partial charge in [0.2, 0.25) is 0 Å². The number of urea groups is 1. The maximum atomic E-state index is 12.1. The number of nitrogens with zero attached hydrogens (tertiary/aromatic N) is 2. The van der Waals surface area contributed by atoms with Gasteiger partial charge in [-0.1, -0.05) is 25.1 Å². The normalized spacial score (nSPS) is 18.7. The number of rotatable bonds is 6. The van der Waals surface area contributed by atoms with Gasteiger partial charge in [0, 0.05) is 43.4 Å². The Hall–Kier alpha value is -1.20. The third-order valence-corrected chi connectivity index (χ3v) is 4.82. The first-order valence-corrected chi connectivity index (χ1v) is 8.59. The maximum Gasteiger partial charge on any atom is 0.317 e. The predicted molar refractivity (Wildman–Crippen MR) is 88.8 cm³/mol. The highest BCUT2D eigenvalue weighted by molar-refractivity contribution is 7.99. The van der Waals surface area contributed by atoms with E-state index in [9.17, 15) is 4.79 Å². The summed E-state index contributed by atoms with van der Waals surface area (Å²) in [7, 11) is 1.87. The van der Waals surface area contributed by atoms with Crippen molar-refractivity contribution in [3.05, 3.63) is 30.3 Å². The molecule has 21 heavy (non-hydrogen) atoms. The SMILES string of the molecule is CCN1CC[C@H](NC(=O)N(C)CCSc2ccccc2)C1. The molecule has 1 N–H and O–H groups in total. The van der Waals surface area contributed by atoms with E-state index < -0.39 is 0 Å². The van der Waals surface area contributed by atoms with Crippen LogP contribution in [0.1, 0.15) is 13.3 Å². The van der Waals surface area contributed by atoms with Crippen molar-refractivity contribution in [1.82, 2.24) is 15.1 Å². The van der Waals surface area contributed by atoms with Crippen molar-refractivity contribution in [2.24, 2.45) is 0 Å². The van der Waals surface area contributed by atoms with E-state index in [-0.39, 0.29) is 6.03 Å². The summed E-state index contributed by atoms with van der Waals surface area (Å²) in [6.07, 6.45) is 1.06. The second kappa shape index (κ2) is 8.29. The van der Waals surface area contributed by atoms with Gasteiger partial charge in [-0.05, 0) is 25.1 Å². The summed E-state index contributed by atoms with van der Waals surface area (Å²) in [5, 5.41) is 3.13. The summed E-state index contributed by atoms with van der Waals surface area (Å²) in [5.41, 5.74) is 0. The van der Waals surface area contributed by atoms with Crippen LogP contribution in [0.2, 0.25) is 0 Å². The van der Waals surface area contributed by atoms with Crippen LogP contribution in [0.3, 0.4) is 0 Å². The number of carbonyl (C=O) groups excluding carboxylic acids is 1. The monoisotopic (exact) mass is 307 g/mol. The number of carbonyl (C=O) groups is 1. The van der Waals surface area contributed by atoms with Gasteiger partial charge in [-0.3, -0.25) is 0 Å². The number of hydrogen-bond donors (Lipinski definition) is 1. The summed E-state index contributed by atoms with van der Waals surface area (Å²) in [5.74, 6) is 0.916. The lowest BCUT2D eigenvalue weighted by Crippen LogP contribution is -2.44. The standard InChI is InChI=1S/C16H25N3OS/c1-3-19-10-9-14(13-19)17-16(20)18(2)11-12-21-15-7-5-4-6-8-15/h4-8,14H,3,9-13H2,1-2H3,(H,17,20)/t14-/m0/s1. The van der Waals surface area contributed by atoms with Crippen LogP contribution in [0.25, 0.3) is 0 Å². The van der Waals surface area contributed by atoms with E-state index in [4.69, 9.17) is 0 Å². The molecule has 1 atom stereocenters. The molecule has 0 unspecified atom stereocenters. The largest absolute Gasteiger partial charge is 0.334 e. The minimum Gasteiger partial charge on any atom is -0.334 e. The van der Waals surface area contributed by atoms with Crippen molar-refractivity contribution in [3.8, 4) is 0 Å². The Morgan fingerprint density at radius 3 is 2.86 bits per heavy atom. The van der Waals surface area contributed by atoms with Gasteiger partial charge in [-0.15, -0.1) is 11.8 Å². The van der Waals surface area contributed by atoms with Crippen molar-refractivity contribution in [1.29, 1.82) is 0 Å². The van der Waals surface area contributed by atoms with Crippen LogP contribution in [0.4, 0.5) is 4.79 Å². The minimum atomic E-state index is 0.0478. The minimum absolute atomic E-state index is 0.0478. The van der Waals surface area contributed by atoms with Gasteiger partial charge in [0.15, 0.2) is 0 Å². The topological polar surface area (TPSA) is 35.6 Å². The molecule has 1 aliphatic rings. The van der Waals surface area contributed by atoms with Crippen LogP contribution in [0, 0.1) is 0 Å². The summed E-state index contributed by atoms with van der Waals surface area (Å²) in [6.45, 7) is 6.06. The number of nitrogens with one attached hydrogen (secondary N) is 1. The second-order valence-corrected chi connectivity index (χ2v) is 6.58. The molecule has 1 aromatic rings. The van der Waals surface area contributed by atoms with E-state index in [2.05, 4.69) is 29.3 Å². The average molecular weight is 307 g/mol. The summed E-state index contributed by atoms with van der Waals surface area (Å²) in [6, 6.07) is 10.7. The zero-order chi connectivity index (χ0) is 15.1. The van der Waals surface area contributed by atoms with Crippen molar-refractivity contribution in [2.45, 2.75) is 24.3 Å². The number of likely N-dealkylation sites (N-methyl/N-ethyl adjacent to an activating group) is 1. The van der Waals surface area contributed by atoms with Crippen LogP contribution in [-0.4, -0.2) is 60.9 Å². The molecule has 0 bridgehead atoms. The maximum absolute atomic E-state index is 12.1. The smallest absolute Gasteiger partial charge is 0.317 e. The summed E-state index contributed by atoms with van der Waals surface area (Å²) in [4.78, 5) is 17.5. The van der Waals surface area contributed by atoms with Gasteiger partial charge in [-0.2, -0.15) is 0 Å². The van der Waals surface area contributed by atoms with Crippen molar-refractivity contribution in [3.63, 3.8) is 0 Å². The fourth-order valence-electron chi connectivity index (χ4n) is 2.44. The Morgan fingerprint density at radius 1 is 1.43 bits per heavy atom. The Kier molecular flexibility index (Phi) is 6.39. The zero-order valence-corrected chi connectivity index (χ0v) is 13.7.